The first-order valence-electron chi connectivity index (χ1n) is 7.13. The number of aryl methyl sites for hydroxylation is 1. The number of benzene rings is 1. The van der Waals surface area contributed by atoms with Crippen molar-refractivity contribution in [1.82, 2.24) is 15.3 Å². The van der Waals surface area contributed by atoms with Crippen molar-refractivity contribution in [3.05, 3.63) is 52.6 Å². The van der Waals surface area contributed by atoms with Gasteiger partial charge in [-0.25, -0.2) is 9.97 Å². The number of ether oxygens (including phenoxy) is 1. The summed E-state index contributed by atoms with van der Waals surface area (Å²) in [6.45, 7) is 3.95. The van der Waals surface area contributed by atoms with Gasteiger partial charge in [0, 0.05) is 37.2 Å². The summed E-state index contributed by atoms with van der Waals surface area (Å²) in [5, 5.41) is 3.37. The number of rotatable bonds is 1. The van der Waals surface area contributed by atoms with E-state index in [1.54, 1.807) is 0 Å². The Bertz CT molecular complexity index is 644. The van der Waals surface area contributed by atoms with Crippen molar-refractivity contribution < 1.29 is 4.74 Å². The van der Waals surface area contributed by atoms with Crippen molar-refractivity contribution in [2.75, 3.05) is 6.54 Å². The van der Waals surface area contributed by atoms with Gasteiger partial charge in [0.1, 0.15) is 5.75 Å². The van der Waals surface area contributed by atoms with Crippen LogP contribution in [0, 0.1) is 6.92 Å². The second-order valence-corrected chi connectivity index (χ2v) is 5.44. The summed E-state index contributed by atoms with van der Waals surface area (Å²) in [4.78, 5) is 9.44. The van der Waals surface area contributed by atoms with E-state index in [4.69, 9.17) is 9.72 Å². The Morgan fingerprint density at radius 1 is 1.25 bits per heavy atom. The molecule has 2 aliphatic rings. The maximum absolute atomic E-state index is 6.00. The van der Waals surface area contributed by atoms with Crippen LogP contribution < -0.4 is 10.1 Å². The molecule has 1 atom stereocenters. The topological polar surface area (TPSA) is 47.0 Å². The first-order chi connectivity index (χ1) is 9.81. The van der Waals surface area contributed by atoms with Gasteiger partial charge in [-0.2, -0.15) is 0 Å². The van der Waals surface area contributed by atoms with Crippen LogP contribution in [0.1, 0.15) is 34.4 Å². The zero-order valence-electron chi connectivity index (χ0n) is 11.5. The average Bonchev–Trinajstić information content (AvgIpc) is 2.91. The molecular weight excluding hydrogens is 250 g/mol. The molecule has 0 amide bonds. The van der Waals surface area contributed by atoms with Crippen molar-refractivity contribution >= 4 is 0 Å². The standard InChI is InChI=1S/C16H17N3O/c1-10-12-9-17-7-6-13(12)19-16(18-10)15-8-11-4-2-3-5-14(11)20-15/h2-5,15,17H,6-9H2,1H3. The third-order valence-corrected chi connectivity index (χ3v) is 4.09. The normalized spacial score (nSPS) is 20.1. The van der Waals surface area contributed by atoms with E-state index in [-0.39, 0.29) is 6.10 Å². The molecular formula is C16H17N3O. The molecule has 0 bridgehead atoms. The van der Waals surface area contributed by atoms with Gasteiger partial charge in [-0.1, -0.05) is 18.2 Å². The van der Waals surface area contributed by atoms with Gasteiger partial charge in [-0.15, -0.1) is 0 Å². The second-order valence-electron chi connectivity index (χ2n) is 5.44. The van der Waals surface area contributed by atoms with Crippen LogP contribution in [-0.2, 0) is 19.4 Å². The summed E-state index contributed by atoms with van der Waals surface area (Å²) in [5.74, 6) is 1.80. The van der Waals surface area contributed by atoms with Crippen molar-refractivity contribution in [1.29, 1.82) is 0 Å². The smallest absolute Gasteiger partial charge is 0.170 e. The highest BCUT2D eigenvalue weighted by atomic mass is 16.5. The van der Waals surface area contributed by atoms with Gasteiger partial charge in [0.25, 0.3) is 0 Å². The lowest BCUT2D eigenvalue weighted by Gasteiger charge is -2.20. The minimum absolute atomic E-state index is 0.0358. The quantitative estimate of drug-likeness (QED) is 0.859. The van der Waals surface area contributed by atoms with Gasteiger partial charge in [0.15, 0.2) is 11.9 Å². The SMILES string of the molecule is Cc1nc(C2Cc3ccccc3O2)nc2c1CNCC2. The van der Waals surface area contributed by atoms with Crippen molar-refractivity contribution in [3.8, 4) is 5.75 Å². The highest BCUT2D eigenvalue weighted by Gasteiger charge is 2.28. The first-order valence-corrected chi connectivity index (χ1v) is 7.13. The van der Waals surface area contributed by atoms with Crippen molar-refractivity contribution in [2.24, 2.45) is 0 Å². The van der Waals surface area contributed by atoms with Crippen LogP contribution in [0.3, 0.4) is 0 Å². The number of hydrogen-bond acceptors (Lipinski definition) is 4. The first kappa shape index (κ1) is 11.9. The number of fused-ring (bicyclic) bond motifs is 2. The molecule has 4 nitrogen and oxygen atoms in total. The van der Waals surface area contributed by atoms with E-state index in [0.29, 0.717) is 0 Å². The van der Waals surface area contributed by atoms with Gasteiger partial charge in [0.05, 0.1) is 5.69 Å². The Labute approximate surface area is 118 Å². The largest absolute Gasteiger partial charge is 0.482 e. The Morgan fingerprint density at radius 2 is 2.15 bits per heavy atom. The van der Waals surface area contributed by atoms with E-state index in [1.807, 2.05) is 12.1 Å². The molecule has 1 unspecified atom stereocenters. The maximum atomic E-state index is 6.00. The predicted molar refractivity (Wildman–Crippen MR) is 75.7 cm³/mol. The fourth-order valence-corrected chi connectivity index (χ4v) is 3.01. The summed E-state index contributed by atoms with van der Waals surface area (Å²) in [7, 11) is 0. The van der Waals surface area contributed by atoms with Crippen LogP contribution >= 0.6 is 0 Å². The van der Waals surface area contributed by atoms with Gasteiger partial charge < -0.3 is 10.1 Å². The van der Waals surface area contributed by atoms with Crippen LogP contribution in [0.25, 0.3) is 0 Å². The summed E-state index contributed by atoms with van der Waals surface area (Å²) in [6, 6.07) is 8.19. The Balaban J connectivity index is 1.69. The third-order valence-electron chi connectivity index (χ3n) is 4.09. The Kier molecular flexibility index (Phi) is 2.70. The van der Waals surface area contributed by atoms with E-state index in [0.717, 1.165) is 43.2 Å². The van der Waals surface area contributed by atoms with Gasteiger partial charge in [-0.05, 0) is 18.6 Å². The monoisotopic (exact) mass is 267 g/mol. The van der Waals surface area contributed by atoms with Gasteiger partial charge in [-0.3, -0.25) is 0 Å². The Morgan fingerprint density at radius 3 is 3.05 bits per heavy atom. The lowest BCUT2D eigenvalue weighted by atomic mass is 10.0. The van der Waals surface area contributed by atoms with E-state index < -0.39 is 0 Å². The number of hydrogen-bond donors (Lipinski definition) is 1. The summed E-state index contributed by atoms with van der Waals surface area (Å²) in [6.07, 6.45) is 1.81. The van der Waals surface area contributed by atoms with Crippen LogP contribution in [0.2, 0.25) is 0 Å². The van der Waals surface area contributed by atoms with Crippen LogP contribution in [0.5, 0.6) is 5.75 Å². The molecule has 0 aliphatic carbocycles. The zero-order chi connectivity index (χ0) is 13.5. The van der Waals surface area contributed by atoms with Gasteiger partial charge in [0.2, 0.25) is 0 Å². The number of nitrogens with zero attached hydrogens (tertiary/aromatic N) is 2. The molecule has 1 aromatic heterocycles. The van der Waals surface area contributed by atoms with E-state index in [9.17, 15) is 0 Å². The van der Waals surface area contributed by atoms with Crippen molar-refractivity contribution in [2.45, 2.75) is 32.4 Å². The maximum Gasteiger partial charge on any atom is 0.170 e. The molecule has 4 heteroatoms. The molecule has 102 valence electrons. The molecule has 3 heterocycles. The number of nitrogens with one attached hydrogen (secondary N) is 1. The average molecular weight is 267 g/mol. The second kappa shape index (κ2) is 4.56. The molecule has 0 saturated heterocycles. The third kappa shape index (κ3) is 1.88. The van der Waals surface area contributed by atoms with E-state index in [1.165, 1.54) is 16.8 Å². The Hall–Kier alpha value is -1.94. The fourth-order valence-electron chi connectivity index (χ4n) is 3.01. The molecule has 2 aromatic rings. The lowest BCUT2D eigenvalue weighted by molar-refractivity contribution is 0.226. The molecule has 0 radical (unpaired) electrons. The molecule has 1 aromatic carbocycles. The molecule has 0 fully saturated rings. The number of para-hydroxylation sites is 1. The summed E-state index contributed by atoms with van der Waals surface area (Å²) in [5.41, 5.74) is 4.77. The van der Waals surface area contributed by atoms with Gasteiger partial charge >= 0.3 is 0 Å². The minimum Gasteiger partial charge on any atom is -0.482 e. The highest BCUT2D eigenvalue weighted by Crippen LogP contribution is 2.35. The summed E-state index contributed by atoms with van der Waals surface area (Å²) < 4.78 is 6.00. The van der Waals surface area contributed by atoms with Crippen molar-refractivity contribution in [3.63, 3.8) is 0 Å². The summed E-state index contributed by atoms with van der Waals surface area (Å²) >= 11 is 0. The predicted octanol–water partition coefficient (Wildman–Crippen LogP) is 2.11. The molecule has 1 N–H and O–H groups in total. The zero-order valence-corrected chi connectivity index (χ0v) is 11.5. The molecule has 2 aliphatic heterocycles. The van der Waals surface area contributed by atoms with E-state index in [2.05, 4.69) is 29.4 Å². The molecule has 0 spiro atoms. The molecule has 4 rings (SSSR count). The fraction of sp³-hybridized carbons (Fsp3) is 0.375. The molecule has 20 heavy (non-hydrogen) atoms. The van der Waals surface area contributed by atoms with Crippen LogP contribution in [0.15, 0.2) is 24.3 Å². The van der Waals surface area contributed by atoms with Crippen LogP contribution in [0.4, 0.5) is 0 Å². The highest BCUT2D eigenvalue weighted by molar-refractivity contribution is 5.38. The molecule has 0 saturated carbocycles. The van der Waals surface area contributed by atoms with Crippen LogP contribution in [-0.4, -0.2) is 16.5 Å². The minimum atomic E-state index is -0.0358. The van der Waals surface area contributed by atoms with E-state index >= 15 is 0 Å². The lowest BCUT2D eigenvalue weighted by Crippen LogP contribution is -2.27. The number of aromatic nitrogens is 2.